The number of carbonyl (C=O) groups excluding carboxylic acids is 2. The van der Waals surface area contributed by atoms with E-state index in [2.05, 4.69) is 31.6 Å². The average Bonchev–Trinajstić information content (AvgIpc) is 2.90. The van der Waals surface area contributed by atoms with Crippen molar-refractivity contribution in [1.82, 2.24) is 20.2 Å². The Morgan fingerprint density at radius 3 is 2.31 bits per heavy atom. The number of nitrogens with one attached hydrogen (secondary N) is 2. The van der Waals surface area contributed by atoms with Gasteiger partial charge in [0.2, 0.25) is 0 Å². The second kappa shape index (κ2) is 11.4. The quantitative estimate of drug-likeness (QED) is 0.516. The highest BCUT2D eigenvalue weighted by Gasteiger charge is 2.24. The number of piperidine rings is 1. The Morgan fingerprint density at radius 2 is 1.57 bits per heavy atom. The summed E-state index contributed by atoms with van der Waals surface area (Å²) in [6.45, 7) is 2.50. The van der Waals surface area contributed by atoms with Crippen molar-refractivity contribution >= 4 is 17.6 Å². The number of aromatic nitrogens is 2. The molecular weight excluding hydrogens is 446 g/mol. The zero-order chi connectivity index (χ0) is 24.6. The molecule has 1 aromatic heterocycles. The molecule has 9 nitrogen and oxygen atoms in total. The second-order valence-corrected chi connectivity index (χ2v) is 8.24. The maximum Gasteiger partial charge on any atom is 0.273 e. The number of benzene rings is 2. The number of hydrogen-bond acceptors (Lipinski definition) is 7. The van der Waals surface area contributed by atoms with Crippen LogP contribution in [0.4, 0.5) is 5.82 Å². The highest BCUT2D eigenvalue weighted by Crippen LogP contribution is 2.22. The molecule has 2 amide bonds. The van der Waals surface area contributed by atoms with Crippen LogP contribution in [0.2, 0.25) is 0 Å². The molecule has 0 atom stereocenters. The molecule has 0 spiro atoms. The second-order valence-electron chi connectivity index (χ2n) is 8.24. The monoisotopic (exact) mass is 475 g/mol. The van der Waals surface area contributed by atoms with Crippen LogP contribution in [0.5, 0.6) is 11.5 Å². The van der Waals surface area contributed by atoms with Crippen LogP contribution in [0.1, 0.15) is 39.3 Å². The number of rotatable bonds is 8. The Labute approximate surface area is 204 Å². The number of anilines is 1. The lowest BCUT2D eigenvalue weighted by molar-refractivity contribution is 0.0904. The van der Waals surface area contributed by atoms with E-state index in [4.69, 9.17) is 9.47 Å². The minimum Gasteiger partial charge on any atom is -0.496 e. The number of likely N-dealkylation sites (tertiary alicyclic amines) is 1. The molecule has 1 aliphatic heterocycles. The fraction of sp³-hybridized carbons (Fsp3) is 0.308. The van der Waals surface area contributed by atoms with Gasteiger partial charge in [-0.3, -0.25) is 14.5 Å². The minimum atomic E-state index is -0.429. The van der Waals surface area contributed by atoms with Crippen LogP contribution in [-0.2, 0) is 6.54 Å². The molecule has 0 saturated carbocycles. The maximum atomic E-state index is 13.0. The summed E-state index contributed by atoms with van der Waals surface area (Å²) in [4.78, 5) is 36.5. The molecule has 0 aliphatic carbocycles. The first-order chi connectivity index (χ1) is 17.1. The molecule has 1 saturated heterocycles. The van der Waals surface area contributed by atoms with Crippen molar-refractivity contribution in [2.24, 2.45) is 0 Å². The Morgan fingerprint density at radius 1 is 0.914 bits per heavy atom. The first kappa shape index (κ1) is 24.2. The van der Waals surface area contributed by atoms with E-state index in [0.717, 1.165) is 43.8 Å². The van der Waals surface area contributed by atoms with Crippen molar-refractivity contribution in [3.05, 3.63) is 77.7 Å². The Hall–Kier alpha value is -3.98. The lowest BCUT2D eigenvalue weighted by Gasteiger charge is -2.32. The average molecular weight is 476 g/mol. The molecule has 3 aromatic rings. The first-order valence-electron chi connectivity index (χ1n) is 11.5. The Kier molecular flexibility index (Phi) is 7.89. The van der Waals surface area contributed by atoms with Gasteiger partial charge >= 0.3 is 0 Å². The molecule has 9 heteroatoms. The number of ether oxygens (including phenoxy) is 2. The number of amides is 2. The lowest BCUT2D eigenvalue weighted by atomic mass is 10.0. The van der Waals surface area contributed by atoms with Crippen molar-refractivity contribution in [3.63, 3.8) is 0 Å². The van der Waals surface area contributed by atoms with E-state index in [1.165, 1.54) is 19.5 Å². The number of hydrogen-bond donors (Lipinski definition) is 2. The zero-order valence-corrected chi connectivity index (χ0v) is 19.9. The van der Waals surface area contributed by atoms with Crippen LogP contribution in [-0.4, -0.2) is 60.0 Å². The molecule has 1 fully saturated rings. The summed E-state index contributed by atoms with van der Waals surface area (Å²) in [5.74, 6) is 0.626. The van der Waals surface area contributed by atoms with Gasteiger partial charge in [-0.2, -0.15) is 0 Å². The standard InChI is InChI=1S/C26H29N5O4/c1-34-21-9-5-3-7-18(21)17-31-15-11-19(12-16-31)29-26(33)23-24(28-14-13-27-23)30-25(32)20-8-4-6-10-22(20)35-2/h3-10,13-14,19H,11-12,15-17H2,1-2H3,(H,29,33)(H,28,30,32). The minimum absolute atomic E-state index is 0.0104. The van der Waals surface area contributed by atoms with E-state index in [-0.39, 0.29) is 23.5 Å². The smallest absolute Gasteiger partial charge is 0.273 e. The SMILES string of the molecule is COc1ccccc1CN1CCC(NC(=O)c2nccnc2NC(=O)c2ccccc2OC)CC1. The van der Waals surface area contributed by atoms with Gasteiger partial charge in [-0.15, -0.1) is 0 Å². The molecule has 2 N–H and O–H groups in total. The Bertz CT molecular complexity index is 1180. The van der Waals surface area contributed by atoms with Crippen LogP contribution in [0.15, 0.2) is 60.9 Å². The lowest BCUT2D eigenvalue weighted by Crippen LogP contribution is -2.44. The molecule has 35 heavy (non-hydrogen) atoms. The van der Waals surface area contributed by atoms with Gasteiger partial charge in [0.1, 0.15) is 11.5 Å². The molecule has 0 bridgehead atoms. The van der Waals surface area contributed by atoms with Crippen LogP contribution in [0, 0.1) is 0 Å². The van der Waals surface area contributed by atoms with Crippen molar-refractivity contribution in [1.29, 1.82) is 0 Å². The third-order valence-corrected chi connectivity index (χ3v) is 6.01. The van der Waals surface area contributed by atoms with E-state index < -0.39 is 5.91 Å². The summed E-state index contributed by atoms with van der Waals surface area (Å²) in [6, 6.07) is 14.9. The Balaban J connectivity index is 1.36. The molecular formula is C26H29N5O4. The maximum absolute atomic E-state index is 13.0. The van der Waals surface area contributed by atoms with Gasteiger partial charge in [0.05, 0.1) is 19.8 Å². The van der Waals surface area contributed by atoms with Crippen LogP contribution in [0.25, 0.3) is 0 Å². The van der Waals surface area contributed by atoms with Crippen molar-refractivity contribution in [2.45, 2.75) is 25.4 Å². The van der Waals surface area contributed by atoms with Gasteiger partial charge in [0.15, 0.2) is 11.5 Å². The number of methoxy groups -OCH3 is 2. The summed E-state index contributed by atoms with van der Waals surface area (Å²) < 4.78 is 10.7. The van der Waals surface area contributed by atoms with Crippen molar-refractivity contribution < 1.29 is 19.1 Å². The molecule has 182 valence electrons. The molecule has 0 unspecified atom stereocenters. The van der Waals surface area contributed by atoms with Gasteiger partial charge in [0.25, 0.3) is 11.8 Å². The third kappa shape index (κ3) is 5.93. The number of carbonyl (C=O) groups is 2. The van der Waals surface area contributed by atoms with Crippen LogP contribution < -0.4 is 20.1 Å². The largest absolute Gasteiger partial charge is 0.496 e. The molecule has 0 radical (unpaired) electrons. The van der Waals surface area contributed by atoms with Gasteiger partial charge in [-0.25, -0.2) is 9.97 Å². The van der Waals surface area contributed by atoms with Crippen molar-refractivity contribution in [2.75, 3.05) is 32.6 Å². The third-order valence-electron chi connectivity index (χ3n) is 6.01. The molecule has 4 rings (SSSR count). The highest BCUT2D eigenvalue weighted by molar-refractivity contribution is 6.08. The number of para-hydroxylation sites is 2. The highest BCUT2D eigenvalue weighted by atomic mass is 16.5. The summed E-state index contributed by atoms with van der Waals surface area (Å²) in [7, 11) is 3.18. The molecule has 1 aliphatic rings. The molecule has 2 aromatic carbocycles. The van der Waals surface area contributed by atoms with Crippen LogP contribution in [0.3, 0.4) is 0 Å². The van der Waals surface area contributed by atoms with E-state index in [0.29, 0.717) is 11.3 Å². The first-order valence-corrected chi connectivity index (χ1v) is 11.5. The normalized spacial score (nSPS) is 14.2. The van der Waals surface area contributed by atoms with E-state index in [1.54, 1.807) is 31.4 Å². The van der Waals surface area contributed by atoms with Crippen molar-refractivity contribution in [3.8, 4) is 11.5 Å². The summed E-state index contributed by atoms with van der Waals surface area (Å²) in [6.07, 6.45) is 4.49. The van der Waals surface area contributed by atoms with Gasteiger partial charge in [-0.1, -0.05) is 30.3 Å². The fourth-order valence-electron chi connectivity index (χ4n) is 4.17. The summed E-state index contributed by atoms with van der Waals surface area (Å²) >= 11 is 0. The van der Waals surface area contributed by atoms with Crippen LogP contribution >= 0.6 is 0 Å². The predicted octanol–water partition coefficient (Wildman–Crippen LogP) is 3.14. The van der Waals surface area contributed by atoms with Gasteiger partial charge in [-0.05, 0) is 31.0 Å². The van der Waals surface area contributed by atoms with E-state index >= 15 is 0 Å². The summed E-state index contributed by atoms with van der Waals surface area (Å²) in [5.41, 5.74) is 1.56. The predicted molar refractivity (Wildman–Crippen MR) is 132 cm³/mol. The van der Waals surface area contributed by atoms with E-state index in [1.807, 2.05) is 18.2 Å². The zero-order valence-electron chi connectivity index (χ0n) is 19.9. The summed E-state index contributed by atoms with van der Waals surface area (Å²) in [5, 5.41) is 5.74. The van der Waals surface area contributed by atoms with Gasteiger partial charge < -0.3 is 20.1 Å². The molecule has 2 heterocycles. The number of nitrogens with zero attached hydrogens (tertiary/aromatic N) is 3. The topological polar surface area (TPSA) is 106 Å². The fourth-order valence-corrected chi connectivity index (χ4v) is 4.17. The van der Waals surface area contributed by atoms with Gasteiger partial charge in [0, 0.05) is 43.6 Å². The van der Waals surface area contributed by atoms with E-state index in [9.17, 15) is 9.59 Å².